The van der Waals surface area contributed by atoms with E-state index in [1.165, 1.54) is 17.0 Å². The molecule has 1 N–H and O–H groups in total. The molecule has 1 aromatic rings. The van der Waals surface area contributed by atoms with Gasteiger partial charge in [0, 0.05) is 38.3 Å². The fraction of sp³-hybridized carbons (Fsp3) is 0.471. The second-order valence-corrected chi connectivity index (χ2v) is 6.41. The minimum atomic E-state index is -1.06. The lowest BCUT2D eigenvalue weighted by Crippen LogP contribution is -2.53. The van der Waals surface area contributed by atoms with Gasteiger partial charge in [0.05, 0.1) is 5.56 Å². The second kappa shape index (κ2) is 6.24. The van der Waals surface area contributed by atoms with E-state index in [2.05, 4.69) is 4.90 Å². The van der Waals surface area contributed by atoms with Gasteiger partial charge in [0.1, 0.15) is 6.04 Å². The van der Waals surface area contributed by atoms with Crippen LogP contribution in [0.25, 0.3) is 0 Å². The van der Waals surface area contributed by atoms with Crippen LogP contribution in [0.4, 0.5) is 0 Å². The van der Waals surface area contributed by atoms with Gasteiger partial charge in [-0.2, -0.15) is 0 Å². The largest absolute Gasteiger partial charge is 0.478 e. The van der Waals surface area contributed by atoms with Crippen molar-refractivity contribution in [1.82, 2.24) is 14.7 Å². The lowest BCUT2D eigenvalue weighted by atomic mass is 10.1. The van der Waals surface area contributed by atoms with E-state index >= 15 is 0 Å². The van der Waals surface area contributed by atoms with Gasteiger partial charge in [-0.1, -0.05) is 6.07 Å². The van der Waals surface area contributed by atoms with Crippen molar-refractivity contribution in [3.05, 3.63) is 34.9 Å². The van der Waals surface area contributed by atoms with Crippen molar-refractivity contribution in [3.63, 3.8) is 0 Å². The van der Waals surface area contributed by atoms with Crippen LogP contribution in [0.1, 0.15) is 33.2 Å². The number of piperazine rings is 1. The maximum Gasteiger partial charge on any atom is 0.335 e. The second-order valence-electron chi connectivity index (χ2n) is 6.41. The number of nitrogens with zero attached hydrogens (tertiary/aromatic N) is 3. The molecule has 2 amide bonds. The van der Waals surface area contributed by atoms with Gasteiger partial charge in [-0.3, -0.25) is 9.59 Å². The number of carboxylic acids is 1. The minimum Gasteiger partial charge on any atom is -0.478 e. The highest BCUT2D eigenvalue weighted by Gasteiger charge is 2.36. The van der Waals surface area contributed by atoms with Crippen molar-refractivity contribution in [2.24, 2.45) is 0 Å². The molecular weight excluding hydrogens is 310 g/mol. The molecule has 2 aliphatic rings. The molecule has 1 aromatic carbocycles. The molecule has 0 aromatic heterocycles. The van der Waals surface area contributed by atoms with Gasteiger partial charge in [0.25, 0.3) is 5.91 Å². The number of hydrogen-bond acceptors (Lipinski definition) is 4. The Bertz CT molecular complexity index is 695. The Balaban J connectivity index is 1.75. The lowest BCUT2D eigenvalue weighted by molar-refractivity contribution is -0.137. The fourth-order valence-electron chi connectivity index (χ4n) is 3.19. The van der Waals surface area contributed by atoms with E-state index in [1.54, 1.807) is 17.9 Å². The summed E-state index contributed by atoms with van der Waals surface area (Å²) in [6, 6.07) is 3.99. The van der Waals surface area contributed by atoms with E-state index in [-0.39, 0.29) is 17.4 Å². The van der Waals surface area contributed by atoms with E-state index in [0.29, 0.717) is 25.2 Å². The molecule has 0 radical (unpaired) electrons. The van der Waals surface area contributed by atoms with Crippen LogP contribution in [-0.2, 0) is 11.3 Å². The molecule has 2 heterocycles. The first-order valence-corrected chi connectivity index (χ1v) is 8.03. The quantitative estimate of drug-likeness (QED) is 0.872. The summed E-state index contributed by atoms with van der Waals surface area (Å²) in [5.41, 5.74) is 1.23. The molecule has 0 bridgehead atoms. The number of carbonyl (C=O) groups excluding carboxylic acids is 2. The summed E-state index contributed by atoms with van der Waals surface area (Å²) in [6.45, 7) is 5.07. The predicted octanol–water partition coefficient (Wildman–Crippen LogP) is 0.503. The molecule has 0 aliphatic carbocycles. The summed E-state index contributed by atoms with van der Waals surface area (Å²) in [5, 5.41) is 9.07. The number of amides is 2. The van der Waals surface area contributed by atoms with Crippen LogP contribution in [0, 0.1) is 0 Å². The molecule has 128 valence electrons. The molecule has 1 atom stereocenters. The number of rotatable bonds is 3. The Kier molecular flexibility index (Phi) is 4.28. The SMILES string of the molecule is CC(C(=O)N1CCN(C)CC1)N1Cc2ccc(C(=O)O)cc2C1=O. The lowest BCUT2D eigenvalue weighted by Gasteiger charge is -2.35. The maximum atomic E-state index is 12.7. The Labute approximate surface area is 140 Å². The van der Waals surface area contributed by atoms with Crippen molar-refractivity contribution >= 4 is 17.8 Å². The van der Waals surface area contributed by atoms with Crippen molar-refractivity contribution in [1.29, 1.82) is 0 Å². The molecule has 0 saturated carbocycles. The number of aromatic carboxylic acids is 1. The molecule has 7 heteroatoms. The highest BCUT2D eigenvalue weighted by molar-refractivity contribution is 6.03. The van der Waals surface area contributed by atoms with E-state index in [9.17, 15) is 14.4 Å². The summed E-state index contributed by atoms with van der Waals surface area (Å²) in [5.74, 6) is -1.39. The molecule has 1 saturated heterocycles. The van der Waals surface area contributed by atoms with Gasteiger partial charge < -0.3 is 19.8 Å². The zero-order valence-electron chi connectivity index (χ0n) is 13.9. The van der Waals surface area contributed by atoms with Crippen LogP contribution < -0.4 is 0 Å². The van der Waals surface area contributed by atoms with Gasteiger partial charge in [0.2, 0.25) is 5.91 Å². The van der Waals surface area contributed by atoms with Gasteiger partial charge in [-0.25, -0.2) is 4.79 Å². The molecule has 24 heavy (non-hydrogen) atoms. The van der Waals surface area contributed by atoms with Gasteiger partial charge >= 0.3 is 5.97 Å². The third-order valence-electron chi connectivity index (χ3n) is 4.83. The Morgan fingerprint density at radius 3 is 2.46 bits per heavy atom. The van der Waals surface area contributed by atoms with E-state index in [4.69, 9.17) is 5.11 Å². The number of hydrogen-bond donors (Lipinski definition) is 1. The van der Waals surface area contributed by atoms with E-state index in [0.717, 1.165) is 18.7 Å². The third-order valence-corrected chi connectivity index (χ3v) is 4.83. The van der Waals surface area contributed by atoms with Crippen LogP contribution in [-0.4, -0.2) is 76.9 Å². The number of benzene rings is 1. The molecule has 2 aliphatic heterocycles. The van der Waals surface area contributed by atoms with Crippen molar-refractivity contribution < 1.29 is 19.5 Å². The normalized spacial score (nSPS) is 19.3. The number of likely N-dealkylation sites (N-methyl/N-ethyl adjacent to an activating group) is 1. The van der Waals surface area contributed by atoms with Crippen molar-refractivity contribution in [2.75, 3.05) is 33.2 Å². The maximum absolute atomic E-state index is 12.7. The van der Waals surface area contributed by atoms with Crippen LogP contribution >= 0.6 is 0 Å². The van der Waals surface area contributed by atoms with Crippen LogP contribution in [0.3, 0.4) is 0 Å². The zero-order valence-corrected chi connectivity index (χ0v) is 13.9. The summed E-state index contributed by atoms with van der Waals surface area (Å²) in [7, 11) is 2.02. The van der Waals surface area contributed by atoms with E-state index < -0.39 is 12.0 Å². The van der Waals surface area contributed by atoms with Crippen LogP contribution in [0.2, 0.25) is 0 Å². The first-order valence-electron chi connectivity index (χ1n) is 8.03. The molecule has 1 fully saturated rings. The molecular formula is C17H21N3O4. The summed E-state index contributed by atoms with van der Waals surface area (Å²) in [6.07, 6.45) is 0. The molecule has 0 spiro atoms. The summed E-state index contributed by atoms with van der Waals surface area (Å²) < 4.78 is 0. The van der Waals surface area contributed by atoms with Gasteiger partial charge in [0.15, 0.2) is 0 Å². The Morgan fingerprint density at radius 2 is 1.83 bits per heavy atom. The first kappa shape index (κ1) is 16.4. The molecule has 7 nitrogen and oxygen atoms in total. The van der Waals surface area contributed by atoms with Crippen molar-refractivity contribution in [3.8, 4) is 0 Å². The van der Waals surface area contributed by atoms with Crippen LogP contribution in [0.5, 0.6) is 0 Å². The van der Waals surface area contributed by atoms with E-state index in [1.807, 2.05) is 7.05 Å². The summed E-state index contributed by atoms with van der Waals surface area (Å²) >= 11 is 0. The number of carbonyl (C=O) groups is 3. The Hall–Kier alpha value is -2.41. The highest BCUT2D eigenvalue weighted by atomic mass is 16.4. The number of fused-ring (bicyclic) bond motifs is 1. The fourth-order valence-corrected chi connectivity index (χ4v) is 3.19. The molecule has 1 unspecified atom stereocenters. The zero-order chi connectivity index (χ0) is 17.4. The Morgan fingerprint density at radius 1 is 1.17 bits per heavy atom. The van der Waals surface area contributed by atoms with Gasteiger partial charge in [-0.15, -0.1) is 0 Å². The summed E-state index contributed by atoms with van der Waals surface area (Å²) in [4.78, 5) is 41.8. The predicted molar refractivity (Wildman–Crippen MR) is 86.8 cm³/mol. The van der Waals surface area contributed by atoms with Gasteiger partial charge in [-0.05, 0) is 31.7 Å². The standard InChI is InChI=1S/C17H21N3O4/c1-11(15(21)19-7-5-18(2)6-8-19)20-10-13-4-3-12(17(23)24)9-14(13)16(20)22/h3-4,9,11H,5-8,10H2,1-2H3,(H,23,24). The average Bonchev–Trinajstić information content (AvgIpc) is 2.90. The number of carboxylic acid groups (broad SMARTS) is 1. The minimum absolute atomic E-state index is 0.0530. The molecule has 3 rings (SSSR count). The van der Waals surface area contributed by atoms with Crippen molar-refractivity contribution in [2.45, 2.75) is 19.5 Å². The van der Waals surface area contributed by atoms with Crippen LogP contribution in [0.15, 0.2) is 18.2 Å². The monoisotopic (exact) mass is 331 g/mol. The average molecular weight is 331 g/mol. The first-order chi connectivity index (χ1) is 11.4. The topological polar surface area (TPSA) is 81.2 Å². The highest BCUT2D eigenvalue weighted by Crippen LogP contribution is 2.26. The third kappa shape index (κ3) is 2.87. The smallest absolute Gasteiger partial charge is 0.335 e.